The summed E-state index contributed by atoms with van der Waals surface area (Å²) in [6, 6.07) is 24.1. The molecule has 0 saturated heterocycles. The Morgan fingerprint density at radius 2 is 1.60 bits per heavy atom. The average Bonchev–Trinajstić information content (AvgIpc) is 3.26. The summed E-state index contributed by atoms with van der Waals surface area (Å²) in [4.78, 5) is 17.4. The molecule has 1 aromatic heterocycles. The first-order valence-electron chi connectivity index (χ1n) is 11.5. The second-order valence-corrected chi connectivity index (χ2v) is 10.2. The molecule has 0 saturated carbocycles. The predicted octanol–water partition coefficient (Wildman–Crippen LogP) is 6.44. The van der Waals surface area contributed by atoms with Crippen LogP contribution in [0.3, 0.4) is 0 Å². The van der Waals surface area contributed by atoms with E-state index < -0.39 is 0 Å². The van der Waals surface area contributed by atoms with Gasteiger partial charge < -0.3 is 9.30 Å². The maximum Gasteiger partial charge on any atom is 0.242 e. The Morgan fingerprint density at radius 1 is 0.971 bits per heavy atom. The molecular formula is C27H26N4O2S2. The molecule has 1 aliphatic heterocycles. The van der Waals surface area contributed by atoms with Crippen LogP contribution in [0.25, 0.3) is 0 Å². The number of nitrogens with zero attached hydrogens (tertiary/aromatic N) is 4. The third-order valence-corrected chi connectivity index (χ3v) is 8.02. The fourth-order valence-corrected chi connectivity index (χ4v) is 5.86. The van der Waals surface area contributed by atoms with Crippen LogP contribution in [0.2, 0.25) is 0 Å². The van der Waals surface area contributed by atoms with Gasteiger partial charge in [-0.3, -0.25) is 9.69 Å². The smallest absolute Gasteiger partial charge is 0.242 e. The highest BCUT2D eigenvalue weighted by molar-refractivity contribution is 8.00. The summed E-state index contributed by atoms with van der Waals surface area (Å²) >= 11 is 3.07. The summed E-state index contributed by atoms with van der Waals surface area (Å²) in [6.45, 7) is 4.08. The number of aryl methyl sites for hydroxylation is 1. The Bertz CT molecular complexity index is 1310. The number of benzene rings is 3. The molecule has 4 aromatic rings. The summed E-state index contributed by atoms with van der Waals surface area (Å²) in [5, 5.41) is 9.36. The molecule has 6 nitrogen and oxygen atoms in total. The molecule has 1 aliphatic rings. The number of hydrogen-bond donors (Lipinski definition) is 0. The molecule has 0 radical (unpaired) electrons. The topological polar surface area (TPSA) is 60.3 Å². The monoisotopic (exact) mass is 502 g/mol. The van der Waals surface area contributed by atoms with Gasteiger partial charge in [-0.2, -0.15) is 0 Å². The standard InChI is InChI=1S/C27H26N4O2S2/c1-4-19-13-15-20(16-14-19)33-18(2)26-28-29-27(30(26)3)34-17-25(32)31-21-9-5-7-11-23(21)35-24-12-8-6-10-22(24)31/h5-16,18H,4,17H2,1-3H3/t18-/m1/s1. The fourth-order valence-electron chi connectivity index (χ4n) is 4.03. The molecule has 2 heterocycles. The van der Waals surface area contributed by atoms with Crippen molar-refractivity contribution in [1.29, 1.82) is 0 Å². The molecule has 0 spiro atoms. The molecule has 0 fully saturated rings. The van der Waals surface area contributed by atoms with Crippen LogP contribution in [-0.2, 0) is 18.3 Å². The first kappa shape index (κ1) is 23.5. The van der Waals surface area contributed by atoms with E-state index in [1.807, 2.05) is 72.0 Å². The van der Waals surface area contributed by atoms with Gasteiger partial charge in [0.1, 0.15) is 5.75 Å². The summed E-state index contributed by atoms with van der Waals surface area (Å²) in [5.74, 6) is 1.75. The lowest BCUT2D eigenvalue weighted by Crippen LogP contribution is -2.30. The normalized spacial score (nSPS) is 13.2. The number of para-hydroxylation sites is 2. The lowest BCUT2D eigenvalue weighted by molar-refractivity contribution is -0.115. The van der Waals surface area contributed by atoms with Crippen LogP contribution in [0.15, 0.2) is 87.7 Å². The number of ether oxygens (including phenoxy) is 1. The molecule has 8 heteroatoms. The lowest BCUT2D eigenvalue weighted by atomic mass is 10.2. The Labute approximate surface area is 213 Å². The minimum Gasteiger partial charge on any atom is -0.483 e. The minimum atomic E-state index is -0.275. The zero-order valence-corrected chi connectivity index (χ0v) is 21.5. The Hall–Kier alpha value is -3.23. The second-order valence-electron chi connectivity index (χ2n) is 8.21. The van der Waals surface area contributed by atoms with E-state index in [4.69, 9.17) is 4.74 Å². The molecule has 1 atom stereocenters. The van der Waals surface area contributed by atoms with Crippen LogP contribution in [0, 0.1) is 0 Å². The number of amides is 1. The Morgan fingerprint density at radius 3 is 2.23 bits per heavy atom. The molecular weight excluding hydrogens is 476 g/mol. The number of carbonyl (C=O) groups is 1. The molecule has 0 unspecified atom stereocenters. The zero-order valence-electron chi connectivity index (χ0n) is 19.8. The van der Waals surface area contributed by atoms with Gasteiger partial charge in [0.2, 0.25) is 5.91 Å². The van der Waals surface area contributed by atoms with Crippen LogP contribution in [0.1, 0.15) is 31.3 Å². The number of rotatable bonds is 7. The molecule has 178 valence electrons. The number of hydrogen-bond acceptors (Lipinski definition) is 6. The van der Waals surface area contributed by atoms with Crippen molar-refractivity contribution >= 4 is 40.8 Å². The Kier molecular flexibility index (Phi) is 6.83. The van der Waals surface area contributed by atoms with Crippen LogP contribution in [0.5, 0.6) is 5.75 Å². The van der Waals surface area contributed by atoms with Crippen molar-refractivity contribution in [3.63, 3.8) is 0 Å². The van der Waals surface area contributed by atoms with Gasteiger partial charge in [0.05, 0.1) is 17.1 Å². The van der Waals surface area contributed by atoms with E-state index in [2.05, 4.69) is 41.4 Å². The first-order chi connectivity index (χ1) is 17.0. The minimum absolute atomic E-state index is 0.0000578. The van der Waals surface area contributed by atoms with E-state index in [0.717, 1.165) is 33.3 Å². The largest absolute Gasteiger partial charge is 0.483 e. The highest BCUT2D eigenvalue weighted by atomic mass is 32.2. The zero-order chi connectivity index (χ0) is 24.4. The number of carbonyl (C=O) groups excluding carboxylic acids is 1. The van der Waals surface area contributed by atoms with Gasteiger partial charge in [-0.1, -0.05) is 66.8 Å². The van der Waals surface area contributed by atoms with E-state index in [1.165, 1.54) is 17.3 Å². The van der Waals surface area contributed by atoms with E-state index in [1.54, 1.807) is 11.8 Å². The van der Waals surface area contributed by atoms with Crippen LogP contribution < -0.4 is 9.64 Å². The average molecular weight is 503 g/mol. The molecule has 1 amide bonds. The number of thioether (sulfide) groups is 1. The predicted molar refractivity (Wildman–Crippen MR) is 141 cm³/mol. The van der Waals surface area contributed by atoms with Crippen molar-refractivity contribution in [2.24, 2.45) is 7.05 Å². The van der Waals surface area contributed by atoms with Gasteiger partial charge >= 0.3 is 0 Å². The van der Waals surface area contributed by atoms with E-state index in [0.29, 0.717) is 11.0 Å². The lowest BCUT2D eigenvalue weighted by Gasteiger charge is -2.30. The SMILES string of the molecule is CCc1ccc(O[C@H](C)c2nnc(SCC(=O)N3c4ccccc4Sc4ccccc43)n2C)cc1. The van der Waals surface area contributed by atoms with Crippen molar-refractivity contribution in [3.05, 3.63) is 84.2 Å². The molecule has 5 rings (SSSR count). The fraction of sp³-hybridized carbons (Fsp3) is 0.222. The molecule has 35 heavy (non-hydrogen) atoms. The van der Waals surface area contributed by atoms with Crippen LogP contribution in [0.4, 0.5) is 11.4 Å². The van der Waals surface area contributed by atoms with Crippen molar-refractivity contribution in [3.8, 4) is 5.75 Å². The van der Waals surface area contributed by atoms with Crippen molar-refractivity contribution < 1.29 is 9.53 Å². The van der Waals surface area contributed by atoms with E-state index >= 15 is 0 Å². The van der Waals surface area contributed by atoms with E-state index in [9.17, 15) is 4.79 Å². The first-order valence-corrected chi connectivity index (χ1v) is 13.3. The molecule has 0 N–H and O–H groups in total. The summed E-state index contributed by atoms with van der Waals surface area (Å²) in [5.41, 5.74) is 3.10. The third kappa shape index (κ3) is 4.81. The number of fused-ring (bicyclic) bond motifs is 2. The quantitative estimate of drug-likeness (QED) is 0.271. The maximum atomic E-state index is 13.5. The number of aromatic nitrogens is 3. The molecule has 0 bridgehead atoms. The van der Waals surface area contributed by atoms with Crippen molar-refractivity contribution in [1.82, 2.24) is 14.8 Å². The third-order valence-electron chi connectivity index (χ3n) is 5.88. The van der Waals surface area contributed by atoms with Crippen molar-refractivity contribution in [2.75, 3.05) is 10.7 Å². The Balaban J connectivity index is 1.30. The van der Waals surface area contributed by atoms with Gasteiger partial charge in [-0.05, 0) is 55.3 Å². The van der Waals surface area contributed by atoms with Gasteiger partial charge in [-0.25, -0.2) is 0 Å². The van der Waals surface area contributed by atoms with E-state index in [-0.39, 0.29) is 17.8 Å². The highest BCUT2D eigenvalue weighted by Crippen LogP contribution is 2.48. The summed E-state index contributed by atoms with van der Waals surface area (Å²) in [7, 11) is 1.91. The van der Waals surface area contributed by atoms with Gasteiger partial charge in [0.15, 0.2) is 17.1 Å². The maximum absolute atomic E-state index is 13.5. The van der Waals surface area contributed by atoms with Gasteiger partial charge in [0.25, 0.3) is 0 Å². The van der Waals surface area contributed by atoms with Gasteiger partial charge in [0, 0.05) is 16.8 Å². The van der Waals surface area contributed by atoms with Crippen molar-refractivity contribution in [2.45, 2.75) is 41.3 Å². The molecule has 3 aromatic carbocycles. The second kappa shape index (κ2) is 10.2. The molecule has 0 aliphatic carbocycles. The number of anilines is 2. The summed E-state index contributed by atoms with van der Waals surface area (Å²) in [6.07, 6.45) is 0.717. The highest BCUT2D eigenvalue weighted by Gasteiger charge is 2.28. The van der Waals surface area contributed by atoms with Crippen LogP contribution in [-0.4, -0.2) is 26.4 Å². The van der Waals surface area contributed by atoms with Gasteiger partial charge in [-0.15, -0.1) is 10.2 Å². The van der Waals surface area contributed by atoms with Crippen LogP contribution >= 0.6 is 23.5 Å². The summed E-state index contributed by atoms with van der Waals surface area (Å²) < 4.78 is 7.98.